The molecule has 1 saturated carbocycles. The van der Waals surface area contributed by atoms with Crippen molar-refractivity contribution in [3.63, 3.8) is 0 Å². The second kappa shape index (κ2) is 7.03. The fourth-order valence-corrected chi connectivity index (χ4v) is 3.03. The molecule has 0 aliphatic heterocycles. The number of carboxylic acids is 1. The predicted octanol–water partition coefficient (Wildman–Crippen LogP) is 0.395. The summed E-state index contributed by atoms with van der Waals surface area (Å²) in [6, 6.07) is 4.63. The van der Waals surface area contributed by atoms with Crippen molar-refractivity contribution >= 4 is 29.0 Å². The van der Waals surface area contributed by atoms with E-state index in [9.17, 15) is 30.0 Å². The average molecular weight is 378 g/mol. The number of rotatable bonds is 4. The van der Waals surface area contributed by atoms with Gasteiger partial charge in [0, 0.05) is 29.9 Å². The Balaban J connectivity index is 1.72. The molecule has 0 saturated heterocycles. The SMILES string of the molecule is O=C(C=Cc1cc2occc2cc1O)OC1CC(O)(C(=O)O)CC(O)C1O. The molecule has 1 aliphatic rings. The molecule has 0 radical (unpaired) electrons. The molecule has 0 amide bonds. The third-order valence-electron chi connectivity index (χ3n) is 4.53. The normalized spacial score (nSPS) is 28.5. The Bertz CT molecular complexity index is 899. The maximum absolute atomic E-state index is 12.0. The molecule has 27 heavy (non-hydrogen) atoms. The summed E-state index contributed by atoms with van der Waals surface area (Å²) >= 11 is 0. The van der Waals surface area contributed by atoms with Crippen molar-refractivity contribution < 1.29 is 44.3 Å². The van der Waals surface area contributed by atoms with Crippen molar-refractivity contribution in [2.45, 2.75) is 36.8 Å². The second-order valence-electron chi connectivity index (χ2n) is 6.48. The lowest BCUT2D eigenvalue weighted by molar-refractivity contribution is -0.196. The Hall–Kier alpha value is -2.88. The van der Waals surface area contributed by atoms with Crippen LogP contribution in [0.15, 0.2) is 35.0 Å². The van der Waals surface area contributed by atoms with Gasteiger partial charge in [0.25, 0.3) is 0 Å². The zero-order chi connectivity index (χ0) is 19.8. The molecule has 1 aromatic carbocycles. The number of aromatic hydroxyl groups is 1. The van der Waals surface area contributed by atoms with E-state index in [0.717, 1.165) is 6.08 Å². The average Bonchev–Trinajstić information content (AvgIpc) is 3.04. The molecule has 9 nitrogen and oxygen atoms in total. The highest BCUT2D eigenvalue weighted by Crippen LogP contribution is 2.31. The van der Waals surface area contributed by atoms with Crippen molar-refractivity contribution in [2.75, 3.05) is 0 Å². The number of phenolic OH excluding ortho intramolecular Hbond substituents is 1. The highest BCUT2D eigenvalue weighted by molar-refractivity contribution is 5.90. The van der Waals surface area contributed by atoms with Gasteiger partial charge in [0.1, 0.15) is 23.5 Å². The van der Waals surface area contributed by atoms with E-state index in [0.29, 0.717) is 11.0 Å². The molecule has 1 aromatic heterocycles. The van der Waals surface area contributed by atoms with Gasteiger partial charge >= 0.3 is 11.9 Å². The number of hydrogen-bond donors (Lipinski definition) is 5. The molecule has 1 aliphatic carbocycles. The van der Waals surface area contributed by atoms with E-state index in [4.69, 9.17) is 14.3 Å². The van der Waals surface area contributed by atoms with E-state index in [2.05, 4.69) is 0 Å². The van der Waals surface area contributed by atoms with Gasteiger partial charge < -0.3 is 34.7 Å². The molecule has 0 bridgehead atoms. The van der Waals surface area contributed by atoms with Crippen LogP contribution >= 0.6 is 0 Å². The first kappa shape index (κ1) is 18.9. The van der Waals surface area contributed by atoms with Crippen LogP contribution < -0.4 is 0 Å². The molecular weight excluding hydrogens is 360 g/mol. The molecule has 4 atom stereocenters. The minimum Gasteiger partial charge on any atom is -0.507 e. The van der Waals surface area contributed by atoms with Crippen LogP contribution in [0.3, 0.4) is 0 Å². The molecule has 9 heteroatoms. The van der Waals surface area contributed by atoms with Gasteiger partial charge in [0.05, 0.1) is 12.4 Å². The fourth-order valence-electron chi connectivity index (χ4n) is 3.03. The second-order valence-corrected chi connectivity index (χ2v) is 6.48. The predicted molar refractivity (Wildman–Crippen MR) is 90.6 cm³/mol. The molecule has 5 N–H and O–H groups in total. The molecular formula is C18H18O9. The van der Waals surface area contributed by atoms with Crippen molar-refractivity contribution in [1.82, 2.24) is 0 Å². The Labute approximate surface area is 152 Å². The van der Waals surface area contributed by atoms with Crippen LogP contribution in [-0.4, -0.2) is 61.4 Å². The number of esters is 1. The number of aliphatic hydroxyl groups is 3. The Morgan fingerprint density at radius 2 is 2.00 bits per heavy atom. The van der Waals surface area contributed by atoms with Gasteiger partial charge in [-0.25, -0.2) is 9.59 Å². The quantitative estimate of drug-likeness (QED) is 0.375. The fraction of sp³-hybridized carbons (Fsp3) is 0.333. The molecule has 144 valence electrons. The number of ether oxygens (including phenoxy) is 1. The van der Waals surface area contributed by atoms with E-state index >= 15 is 0 Å². The van der Waals surface area contributed by atoms with E-state index in [1.807, 2.05) is 0 Å². The van der Waals surface area contributed by atoms with Crippen LogP contribution in [0.2, 0.25) is 0 Å². The summed E-state index contributed by atoms with van der Waals surface area (Å²) in [5.74, 6) is -2.62. The van der Waals surface area contributed by atoms with Gasteiger partial charge in [-0.3, -0.25) is 0 Å². The molecule has 4 unspecified atom stereocenters. The van der Waals surface area contributed by atoms with E-state index in [1.54, 1.807) is 6.07 Å². The third-order valence-corrected chi connectivity index (χ3v) is 4.53. The number of carbonyl (C=O) groups is 2. The van der Waals surface area contributed by atoms with E-state index in [-0.39, 0.29) is 11.3 Å². The molecule has 0 spiro atoms. The summed E-state index contributed by atoms with van der Waals surface area (Å²) in [5, 5.41) is 49.4. The number of hydrogen-bond acceptors (Lipinski definition) is 8. The van der Waals surface area contributed by atoms with Crippen molar-refractivity contribution in [2.24, 2.45) is 0 Å². The van der Waals surface area contributed by atoms with Crippen LogP contribution in [-0.2, 0) is 14.3 Å². The molecule has 1 heterocycles. The van der Waals surface area contributed by atoms with Gasteiger partial charge in [0.2, 0.25) is 0 Å². The lowest BCUT2D eigenvalue weighted by atomic mass is 9.79. The van der Waals surface area contributed by atoms with Crippen molar-refractivity contribution in [3.8, 4) is 5.75 Å². The van der Waals surface area contributed by atoms with Crippen LogP contribution in [0, 0.1) is 0 Å². The highest BCUT2D eigenvalue weighted by atomic mass is 16.6. The first-order chi connectivity index (χ1) is 12.7. The van der Waals surface area contributed by atoms with Gasteiger partial charge in [-0.15, -0.1) is 0 Å². The standard InChI is InChI=1S/C18H18O9/c19-11-5-10-3-4-26-13(10)6-9(11)1-2-15(21)27-14-8-18(25,17(23)24)7-12(20)16(14)22/h1-6,12,14,16,19-20,22,25H,7-8H2,(H,23,24). The summed E-state index contributed by atoms with van der Waals surface area (Å²) in [7, 11) is 0. The highest BCUT2D eigenvalue weighted by Gasteiger charge is 2.50. The zero-order valence-corrected chi connectivity index (χ0v) is 14.0. The smallest absolute Gasteiger partial charge is 0.335 e. The maximum Gasteiger partial charge on any atom is 0.335 e. The summed E-state index contributed by atoms with van der Waals surface area (Å²) in [5.41, 5.74) is -1.53. The van der Waals surface area contributed by atoms with Crippen molar-refractivity contribution in [1.29, 1.82) is 0 Å². The minimum atomic E-state index is -2.31. The first-order valence-corrected chi connectivity index (χ1v) is 8.10. The van der Waals surface area contributed by atoms with Crippen LogP contribution in [0.1, 0.15) is 18.4 Å². The summed E-state index contributed by atoms with van der Waals surface area (Å²) in [4.78, 5) is 23.2. The van der Waals surface area contributed by atoms with Crippen molar-refractivity contribution in [3.05, 3.63) is 36.1 Å². The van der Waals surface area contributed by atoms with Crippen LogP contribution in [0.4, 0.5) is 0 Å². The summed E-state index contributed by atoms with van der Waals surface area (Å²) in [6.45, 7) is 0. The lowest BCUT2D eigenvalue weighted by Crippen LogP contribution is -2.57. The number of aliphatic hydroxyl groups excluding tert-OH is 2. The van der Waals surface area contributed by atoms with E-state index in [1.165, 1.54) is 24.5 Å². The van der Waals surface area contributed by atoms with Gasteiger partial charge in [-0.05, 0) is 24.3 Å². The molecule has 2 aromatic rings. The van der Waals surface area contributed by atoms with E-state index < -0.39 is 48.7 Å². The third kappa shape index (κ3) is 3.80. The number of furan rings is 1. The Kier molecular flexibility index (Phi) is 4.92. The molecule has 1 fully saturated rings. The number of phenols is 1. The molecule has 3 rings (SSSR count). The van der Waals surface area contributed by atoms with Gasteiger partial charge in [-0.2, -0.15) is 0 Å². The monoisotopic (exact) mass is 378 g/mol. The summed E-state index contributed by atoms with van der Waals surface area (Å²) in [6.07, 6.45) is -1.97. The van der Waals surface area contributed by atoms with Gasteiger partial charge in [-0.1, -0.05) is 0 Å². The largest absolute Gasteiger partial charge is 0.507 e. The Morgan fingerprint density at radius 1 is 1.26 bits per heavy atom. The van der Waals surface area contributed by atoms with Crippen LogP contribution in [0.25, 0.3) is 17.0 Å². The topological polar surface area (TPSA) is 158 Å². The number of carboxylic acid groups (broad SMARTS) is 1. The lowest BCUT2D eigenvalue weighted by Gasteiger charge is -2.39. The van der Waals surface area contributed by atoms with Gasteiger partial charge in [0.15, 0.2) is 5.60 Å². The zero-order valence-electron chi connectivity index (χ0n) is 14.0. The number of aliphatic carboxylic acids is 1. The minimum absolute atomic E-state index is 0.0960. The Morgan fingerprint density at radius 3 is 2.70 bits per heavy atom. The maximum atomic E-state index is 12.0. The number of carbonyl (C=O) groups excluding carboxylic acids is 1. The first-order valence-electron chi connectivity index (χ1n) is 8.10. The number of benzene rings is 1. The van der Waals surface area contributed by atoms with Crippen LogP contribution in [0.5, 0.6) is 5.75 Å². The number of fused-ring (bicyclic) bond motifs is 1. The summed E-state index contributed by atoms with van der Waals surface area (Å²) < 4.78 is 10.2.